The van der Waals surface area contributed by atoms with Crippen molar-refractivity contribution in [1.29, 1.82) is 0 Å². The molecule has 5 nitrogen and oxygen atoms in total. The zero-order chi connectivity index (χ0) is 18.7. The molecule has 0 aliphatic heterocycles. The van der Waals surface area contributed by atoms with Crippen LogP contribution in [0.4, 0.5) is 5.69 Å². The van der Waals surface area contributed by atoms with Crippen LogP contribution in [0, 0.1) is 6.92 Å². The first-order chi connectivity index (χ1) is 12.3. The zero-order valence-electron chi connectivity index (χ0n) is 14.2. The summed E-state index contributed by atoms with van der Waals surface area (Å²) in [6.07, 6.45) is 4.86. The van der Waals surface area contributed by atoms with Crippen molar-refractivity contribution in [2.45, 2.75) is 30.7 Å². The first-order valence-electron chi connectivity index (χ1n) is 8.21. The first kappa shape index (κ1) is 18.8. The Hall–Kier alpha value is -1.96. The molecule has 3 rings (SSSR count). The average molecular weight is 435 g/mol. The molecule has 1 saturated carbocycles. The van der Waals surface area contributed by atoms with E-state index in [0.29, 0.717) is 0 Å². The second-order valence-electron chi connectivity index (χ2n) is 6.25. The number of hydrogen-bond donors (Lipinski definition) is 2. The standard InChI is InChI=1S/C19H19BrN2O3S/c1-13-2-6-15(20)12-18(13)21-19(23)11-5-14-3-9-17(10-4-14)26(24,25)22-16-7-8-16/h2-6,9-12,16,22H,7-8H2,1H3,(H,21,23)/b11-5+. The summed E-state index contributed by atoms with van der Waals surface area (Å²) in [5.74, 6) is -0.252. The summed E-state index contributed by atoms with van der Waals surface area (Å²) < 4.78 is 27.8. The predicted octanol–water partition coefficient (Wildman–Crippen LogP) is 3.85. The molecule has 2 N–H and O–H groups in total. The highest BCUT2D eigenvalue weighted by molar-refractivity contribution is 9.10. The average Bonchev–Trinajstić information content (AvgIpc) is 3.40. The molecule has 0 heterocycles. The van der Waals surface area contributed by atoms with Crippen molar-refractivity contribution in [3.8, 4) is 0 Å². The number of rotatable bonds is 6. The molecule has 0 aromatic heterocycles. The van der Waals surface area contributed by atoms with Crippen LogP contribution in [-0.2, 0) is 14.8 Å². The number of carbonyl (C=O) groups is 1. The van der Waals surface area contributed by atoms with E-state index < -0.39 is 10.0 Å². The molecule has 0 atom stereocenters. The van der Waals surface area contributed by atoms with E-state index in [1.807, 2.05) is 25.1 Å². The maximum absolute atomic E-state index is 12.1. The Morgan fingerprint density at radius 3 is 2.50 bits per heavy atom. The van der Waals surface area contributed by atoms with Gasteiger partial charge in [-0.3, -0.25) is 4.79 Å². The summed E-state index contributed by atoms with van der Waals surface area (Å²) in [5.41, 5.74) is 2.45. The molecule has 1 amide bonds. The first-order valence-corrected chi connectivity index (χ1v) is 10.5. The van der Waals surface area contributed by atoms with Gasteiger partial charge in [-0.15, -0.1) is 0 Å². The summed E-state index contributed by atoms with van der Waals surface area (Å²) in [4.78, 5) is 12.3. The van der Waals surface area contributed by atoms with E-state index in [1.165, 1.54) is 6.08 Å². The molecule has 0 saturated heterocycles. The highest BCUT2D eigenvalue weighted by atomic mass is 79.9. The molecule has 1 fully saturated rings. The Bertz CT molecular complexity index is 949. The van der Waals surface area contributed by atoms with Crippen molar-refractivity contribution in [3.63, 3.8) is 0 Å². The lowest BCUT2D eigenvalue weighted by molar-refractivity contribution is -0.111. The third-order valence-electron chi connectivity index (χ3n) is 3.97. The number of hydrogen-bond acceptors (Lipinski definition) is 3. The Kier molecular flexibility index (Phi) is 5.60. The number of halogens is 1. The van der Waals surface area contributed by atoms with Crippen LogP contribution in [0.25, 0.3) is 6.08 Å². The fourth-order valence-corrected chi connectivity index (χ4v) is 3.99. The largest absolute Gasteiger partial charge is 0.322 e. The minimum atomic E-state index is -3.45. The van der Waals surface area contributed by atoms with Gasteiger partial charge in [-0.1, -0.05) is 34.1 Å². The van der Waals surface area contributed by atoms with E-state index in [-0.39, 0.29) is 16.8 Å². The molecule has 0 radical (unpaired) electrons. The van der Waals surface area contributed by atoms with Gasteiger partial charge < -0.3 is 5.32 Å². The highest BCUT2D eigenvalue weighted by Crippen LogP contribution is 2.23. The number of amides is 1. The molecule has 0 bridgehead atoms. The van der Waals surface area contributed by atoms with Crippen LogP contribution in [0.2, 0.25) is 0 Å². The molecule has 1 aliphatic carbocycles. The van der Waals surface area contributed by atoms with Gasteiger partial charge in [0, 0.05) is 22.3 Å². The summed E-state index contributed by atoms with van der Waals surface area (Å²) in [6, 6.07) is 12.2. The van der Waals surface area contributed by atoms with Crippen molar-refractivity contribution >= 4 is 43.6 Å². The maximum atomic E-state index is 12.1. The predicted molar refractivity (Wildman–Crippen MR) is 106 cm³/mol. The van der Waals surface area contributed by atoms with Gasteiger partial charge in [-0.05, 0) is 61.2 Å². The van der Waals surface area contributed by atoms with Crippen LogP contribution >= 0.6 is 15.9 Å². The number of benzene rings is 2. The molecule has 136 valence electrons. The van der Waals surface area contributed by atoms with Crippen LogP contribution in [0.3, 0.4) is 0 Å². The van der Waals surface area contributed by atoms with E-state index in [9.17, 15) is 13.2 Å². The summed E-state index contributed by atoms with van der Waals surface area (Å²) in [6.45, 7) is 1.92. The lowest BCUT2D eigenvalue weighted by Gasteiger charge is -2.07. The molecule has 26 heavy (non-hydrogen) atoms. The molecule has 2 aromatic carbocycles. The molecule has 0 spiro atoms. The van der Waals surface area contributed by atoms with E-state index in [4.69, 9.17) is 0 Å². The van der Waals surface area contributed by atoms with Gasteiger partial charge in [-0.25, -0.2) is 13.1 Å². The summed E-state index contributed by atoms with van der Waals surface area (Å²) in [7, 11) is -3.45. The van der Waals surface area contributed by atoms with E-state index in [2.05, 4.69) is 26.0 Å². The molecule has 0 unspecified atom stereocenters. The van der Waals surface area contributed by atoms with Gasteiger partial charge >= 0.3 is 0 Å². The molecule has 2 aromatic rings. The van der Waals surface area contributed by atoms with Gasteiger partial charge in [0.15, 0.2) is 0 Å². The Morgan fingerprint density at radius 2 is 1.85 bits per heavy atom. The van der Waals surface area contributed by atoms with E-state index in [0.717, 1.165) is 34.1 Å². The van der Waals surface area contributed by atoms with Crippen LogP contribution < -0.4 is 10.0 Å². The van der Waals surface area contributed by atoms with Crippen molar-refractivity contribution in [2.24, 2.45) is 0 Å². The zero-order valence-corrected chi connectivity index (χ0v) is 16.6. The van der Waals surface area contributed by atoms with Crippen molar-refractivity contribution < 1.29 is 13.2 Å². The monoisotopic (exact) mass is 434 g/mol. The number of aryl methyl sites for hydroxylation is 1. The van der Waals surface area contributed by atoms with Crippen LogP contribution in [0.5, 0.6) is 0 Å². The third-order valence-corrected chi connectivity index (χ3v) is 6.00. The highest BCUT2D eigenvalue weighted by Gasteiger charge is 2.27. The fraction of sp³-hybridized carbons (Fsp3) is 0.211. The van der Waals surface area contributed by atoms with Gasteiger partial charge in [0.25, 0.3) is 0 Å². The molecular weight excluding hydrogens is 416 g/mol. The van der Waals surface area contributed by atoms with E-state index in [1.54, 1.807) is 30.3 Å². The normalized spacial score (nSPS) is 14.5. The molecule has 1 aliphatic rings. The van der Waals surface area contributed by atoms with Gasteiger partial charge in [-0.2, -0.15) is 0 Å². The minimum absolute atomic E-state index is 0.0738. The van der Waals surface area contributed by atoms with Crippen LogP contribution in [-0.4, -0.2) is 20.4 Å². The van der Waals surface area contributed by atoms with E-state index >= 15 is 0 Å². The number of carbonyl (C=O) groups excluding carboxylic acids is 1. The van der Waals surface area contributed by atoms with Gasteiger partial charge in [0.05, 0.1) is 4.90 Å². The fourth-order valence-electron chi connectivity index (χ4n) is 2.32. The van der Waals surface area contributed by atoms with Crippen molar-refractivity contribution in [1.82, 2.24) is 4.72 Å². The Labute approximate surface area is 161 Å². The minimum Gasteiger partial charge on any atom is -0.322 e. The maximum Gasteiger partial charge on any atom is 0.248 e. The number of anilines is 1. The third kappa shape index (κ3) is 5.03. The summed E-state index contributed by atoms with van der Waals surface area (Å²) in [5, 5.41) is 2.82. The van der Waals surface area contributed by atoms with Gasteiger partial charge in [0.1, 0.15) is 0 Å². The topological polar surface area (TPSA) is 75.3 Å². The SMILES string of the molecule is Cc1ccc(Br)cc1NC(=O)/C=C/c1ccc(S(=O)(=O)NC2CC2)cc1. The molecule has 7 heteroatoms. The smallest absolute Gasteiger partial charge is 0.248 e. The lowest BCUT2D eigenvalue weighted by atomic mass is 10.2. The molecular formula is C19H19BrN2O3S. The van der Waals surface area contributed by atoms with Crippen LogP contribution in [0.15, 0.2) is 57.9 Å². The number of nitrogens with one attached hydrogen (secondary N) is 2. The second kappa shape index (κ2) is 7.73. The van der Waals surface area contributed by atoms with Crippen LogP contribution in [0.1, 0.15) is 24.0 Å². The number of sulfonamides is 1. The lowest BCUT2D eigenvalue weighted by Crippen LogP contribution is -2.25. The van der Waals surface area contributed by atoms with Crippen molar-refractivity contribution in [2.75, 3.05) is 5.32 Å². The van der Waals surface area contributed by atoms with Crippen molar-refractivity contribution in [3.05, 3.63) is 64.1 Å². The van der Waals surface area contributed by atoms with Gasteiger partial charge in [0.2, 0.25) is 15.9 Å². The second-order valence-corrected chi connectivity index (χ2v) is 8.88. The quantitative estimate of drug-likeness (QED) is 0.677. The Balaban J connectivity index is 1.64. The Morgan fingerprint density at radius 1 is 1.15 bits per heavy atom. The summed E-state index contributed by atoms with van der Waals surface area (Å²) >= 11 is 3.38.